The van der Waals surface area contributed by atoms with Crippen LogP contribution in [0, 0.1) is 11.3 Å². The number of fused-ring (bicyclic) bond motifs is 2. The van der Waals surface area contributed by atoms with Crippen LogP contribution < -0.4 is 5.73 Å². The van der Waals surface area contributed by atoms with E-state index in [0.29, 0.717) is 5.41 Å². The first kappa shape index (κ1) is 8.21. The molecular weight excluding hydrogens is 166 g/mol. The lowest BCUT2D eigenvalue weighted by Gasteiger charge is -2.40. The molecule has 2 aliphatic heterocycles. The van der Waals surface area contributed by atoms with Crippen molar-refractivity contribution in [1.82, 2.24) is 0 Å². The first-order valence-corrected chi connectivity index (χ1v) is 5.25. The Bertz CT molecular complexity index is 221. The van der Waals surface area contributed by atoms with E-state index >= 15 is 0 Å². The molecule has 0 unspecified atom stereocenters. The quantitative estimate of drug-likeness (QED) is 0.645. The minimum absolute atomic E-state index is 0.102. The summed E-state index contributed by atoms with van der Waals surface area (Å²) in [7, 11) is 0. The first-order valence-electron chi connectivity index (χ1n) is 5.25. The molecule has 3 fully saturated rings. The van der Waals surface area contributed by atoms with Crippen LogP contribution in [-0.4, -0.2) is 32.0 Å². The van der Waals surface area contributed by atoms with Crippen LogP contribution in [0.1, 0.15) is 19.3 Å². The van der Waals surface area contributed by atoms with E-state index in [1.54, 1.807) is 0 Å². The third-order valence-corrected chi connectivity index (χ3v) is 4.36. The van der Waals surface area contributed by atoms with Crippen LogP contribution in [0.25, 0.3) is 0 Å². The number of ether oxygens (including phenoxy) is 2. The molecule has 3 aliphatic rings. The molecule has 0 aromatic carbocycles. The second-order valence-corrected chi connectivity index (χ2v) is 4.68. The number of hydrogen-bond acceptors (Lipinski definition) is 3. The van der Waals surface area contributed by atoms with Gasteiger partial charge >= 0.3 is 0 Å². The molecule has 3 nitrogen and oxygen atoms in total. The van der Waals surface area contributed by atoms with Crippen molar-refractivity contribution in [2.45, 2.75) is 24.9 Å². The molecule has 74 valence electrons. The van der Waals surface area contributed by atoms with Crippen molar-refractivity contribution in [3.8, 4) is 0 Å². The second kappa shape index (κ2) is 2.47. The minimum atomic E-state index is 0.102. The molecule has 13 heavy (non-hydrogen) atoms. The Morgan fingerprint density at radius 1 is 1.31 bits per heavy atom. The Hall–Kier alpha value is -0.120. The normalized spacial score (nSPS) is 46.4. The average molecular weight is 183 g/mol. The molecule has 1 spiro atoms. The third-order valence-electron chi connectivity index (χ3n) is 4.36. The van der Waals surface area contributed by atoms with Crippen LogP contribution >= 0.6 is 0 Å². The van der Waals surface area contributed by atoms with Crippen LogP contribution in [-0.2, 0) is 9.47 Å². The summed E-state index contributed by atoms with van der Waals surface area (Å²) >= 11 is 0. The summed E-state index contributed by atoms with van der Waals surface area (Å²) in [4.78, 5) is 0. The molecule has 0 radical (unpaired) electrons. The van der Waals surface area contributed by atoms with Crippen molar-refractivity contribution in [1.29, 1.82) is 0 Å². The van der Waals surface area contributed by atoms with Gasteiger partial charge in [-0.2, -0.15) is 0 Å². The Morgan fingerprint density at radius 3 is 2.69 bits per heavy atom. The molecule has 3 heteroatoms. The van der Waals surface area contributed by atoms with Gasteiger partial charge in [0, 0.05) is 38.0 Å². The standard InChI is InChI=1S/C10H17NO2/c11-7-9-5-8(9)6-13-10(9)1-3-12-4-2-10/h8H,1-7,11H2/t8-,9+/m0/s1. The van der Waals surface area contributed by atoms with Crippen molar-refractivity contribution in [2.75, 3.05) is 26.4 Å². The van der Waals surface area contributed by atoms with Crippen molar-refractivity contribution in [3.05, 3.63) is 0 Å². The first-order chi connectivity index (χ1) is 6.33. The van der Waals surface area contributed by atoms with Gasteiger partial charge in [0.25, 0.3) is 0 Å². The monoisotopic (exact) mass is 183 g/mol. The molecule has 2 saturated heterocycles. The van der Waals surface area contributed by atoms with Crippen LogP contribution in [0.15, 0.2) is 0 Å². The summed E-state index contributed by atoms with van der Waals surface area (Å²) in [6, 6.07) is 0. The lowest BCUT2D eigenvalue weighted by atomic mass is 9.78. The van der Waals surface area contributed by atoms with Gasteiger partial charge in [-0.05, 0) is 12.3 Å². The molecule has 0 aromatic rings. The van der Waals surface area contributed by atoms with Gasteiger partial charge in [0.2, 0.25) is 0 Å². The zero-order chi connectivity index (χ0) is 8.94. The lowest BCUT2D eigenvalue weighted by Crippen LogP contribution is -2.47. The average Bonchev–Trinajstić information content (AvgIpc) is 2.86. The Kier molecular flexibility index (Phi) is 1.56. The summed E-state index contributed by atoms with van der Waals surface area (Å²) in [6.07, 6.45) is 3.41. The smallest absolute Gasteiger partial charge is 0.0798 e. The fourth-order valence-corrected chi connectivity index (χ4v) is 3.34. The van der Waals surface area contributed by atoms with Crippen LogP contribution in [0.3, 0.4) is 0 Å². The highest BCUT2D eigenvalue weighted by atomic mass is 16.5. The molecule has 3 rings (SSSR count). The molecule has 1 saturated carbocycles. The zero-order valence-electron chi connectivity index (χ0n) is 7.92. The van der Waals surface area contributed by atoms with Crippen molar-refractivity contribution in [2.24, 2.45) is 17.1 Å². The molecule has 0 aromatic heterocycles. The van der Waals surface area contributed by atoms with E-state index in [-0.39, 0.29) is 5.60 Å². The maximum atomic E-state index is 5.98. The summed E-state index contributed by atoms with van der Waals surface area (Å²) in [5.74, 6) is 0.760. The van der Waals surface area contributed by atoms with Gasteiger partial charge in [-0.3, -0.25) is 0 Å². The van der Waals surface area contributed by atoms with E-state index in [9.17, 15) is 0 Å². The van der Waals surface area contributed by atoms with Gasteiger partial charge in [-0.1, -0.05) is 0 Å². The van der Waals surface area contributed by atoms with Gasteiger partial charge in [0.05, 0.1) is 12.2 Å². The maximum absolute atomic E-state index is 5.98. The highest BCUT2D eigenvalue weighted by Gasteiger charge is 2.70. The highest BCUT2D eigenvalue weighted by molar-refractivity contribution is 5.19. The fraction of sp³-hybridized carbons (Fsp3) is 1.00. The summed E-state index contributed by atoms with van der Waals surface area (Å²) in [5.41, 5.74) is 6.34. The fourth-order valence-electron chi connectivity index (χ4n) is 3.34. The maximum Gasteiger partial charge on any atom is 0.0798 e. The van der Waals surface area contributed by atoms with E-state index in [4.69, 9.17) is 15.2 Å². The van der Waals surface area contributed by atoms with Crippen LogP contribution in [0.4, 0.5) is 0 Å². The summed E-state index contributed by atoms with van der Waals surface area (Å²) in [6.45, 7) is 3.46. The number of hydrogen-bond donors (Lipinski definition) is 1. The zero-order valence-corrected chi connectivity index (χ0v) is 7.92. The molecule has 0 bridgehead atoms. The van der Waals surface area contributed by atoms with Gasteiger partial charge < -0.3 is 15.2 Å². The molecular formula is C10H17NO2. The molecule has 2 atom stereocenters. The highest BCUT2D eigenvalue weighted by Crippen LogP contribution is 2.67. The van der Waals surface area contributed by atoms with Crippen molar-refractivity contribution >= 4 is 0 Å². The predicted octanol–water partition coefficient (Wildman–Crippen LogP) is 0.531. The number of rotatable bonds is 1. The summed E-state index contributed by atoms with van der Waals surface area (Å²) in [5, 5.41) is 0. The Labute approximate surface area is 78.6 Å². The predicted molar refractivity (Wildman–Crippen MR) is 48.3 cm³/mol. The topological polar surface area (TPSA) is 44.5 Å². The molecule has 0 amide bonds. The number of nitrogens with two attached hydrogens (primary N) is 1. The van der Waals surface area contributed by atoms with Crippen LogP contribution in [0.5, 0.6) is 0 Å². The summed E-state index contributed by atoms with van der Waals surface area (Å²) < 4.78 is 11.4. The third kappa shape index (κ3) is 0.853. The lowest BCUT2D eigenvalue weighted by molar-refractivity contribution is -0.118. The molecule has 1 aliphatic carbocycles. The molecule has 2 N–H and O–H groups in total. The van der Waals surface area contributed by atoms with E-state index in [0.717, 1.165) is 45.1 Å². The van der Waals surface area contributed by atoms with E-state index < -0.39 is 0 Å². The minimum Gasteiger partial charge on any atom is -0.381 e. The second-order valence-electron chi connectivity index (χ2n) is 4.68. The van der Waals surface area contributed by atoms with Gasteiger partial charge in [0.15, 0.2) is 0 Å². The van der Waals surface area contributed by atoms with E-state index in [1.807, 2.05) is 0 Å². The van der Waals surface area contributed by atoms with Crippen LogP contribution in [0.2, 0.25) is 0 Å². The van der Waals surface area contributed by atoms with Crippen molar-refractivity contribution < 1.29 is 9.47 Å². The SMILES string of the molecule is NC[C@]12C[C@H]1COC21CCOCC1. The molecule has 2 heterocycles. The van der Waals surface area contributed by atoms with E-state index in [2.05, 4.69) is 0 Å². The van der Waals surface area contributed by atoms with E-state index in [1.165, 1.54) is 6.42 Å². The van der Waals surface area contributed by atoms with Gasteiger partial charge in [0.1, 0.15) is 0 Å². The van der Waals surface area contributed by atoms with Crippen molar-refractivity contribution in [3.63, 3.8) is 0 Å². The Morgan fingerprint density at radius 2 is 2.08 bits per heavy atom. The van der Waals surface area contributed by atoms with Gasteiger partial charge in [-0.25, -0.2) is 0 Å². The Balaban J connectivity index is 1.88. The largest absolute Gasteiger partial charge is 0.381 e. The van der Waals surface area contributed by atoms with Gasteiger partial charge in [-0.15, -0.1) is 0 Å².